The first-order valence-electron chi connectivity index (χ1n) is 6.59. The second-order valence-electron chi connectivity index (χ2n) is 5.48. The van der Waals surface area contributed by atoms with Crippen LogP contribution in [0.15, 0.2) is 15.5 Å². The first kappa shape index (κ1) is 16.2. The number of halogens is 1. The molecule has 0 aliphatic heterocycles. The Kier molecular flexibility index (Phi) is 6.00. The lowest BCUT2D eigenvalue weighted by Gasteiger charge is -2.22. The van der Waals surface area contributed by atoms with Gasteiger partial charge in [0, 0.05) is 19.1 Å². The molecule has 0 fully saturated rings. The van der Waals surface area contributed by atoms with Crippen LogP contribution in [-0.2, 0) is 6.54 Å². The van der Waals surface area contributed by atoms with E-state index in [0.717, 1.165) is 0 Å². The normalized spacial score (nSPS) is 13.1. The minimum Gasteiger partial charge on any atom is -0.378 e. The molecule has 1 atom stereocenters. The molecule has 1 aromatic heterocycles. The summed E-state index contributed by atoms with van der Waals surface area (Å²) in [7, 11) is 0. The van der Waals surface area contributed by atoms with Crippen molar-refractivity contribution in [1.29, 1.82) is 0 Å². The molecule has 3 N–H and O–H groups in total. The van der Waals surface area contributed by atoms with Crippen LogP contribution in [-0.4, -0.2) is 22.4 Å². The Balaban J connectivity index is 2.99. The Morgan fingerprint density at radius 2 is 2.05 bits per heavy atom. The highest BCUT2D eigenvalue weighted by Crippen LogP contribution is 2.19. The lowest BCUT2D eigenvalue weighted by molar-refractivity contribution is 0.462. The highest BCUT2D eigenvalue weighted by molar-refractivity contribution is 9.10. The maximum atomic E-state index is 12.1. The number of aromatic nitrogens is 2. The average Bonchev–Trinajstić information content (AvgIpc) is 2.33. The van der Waals surface area contributed by atoms with Gasteiger partial charge in [0.2, 0.25) is 0 Å². The van der Waals surface area contributed by atoms with E-state index in [9.17, 15) is 4.79 Å². The SMILES string of the molecule is CC(C)Cn1ncc(NC(CN)C(C)C)c(Br)c1=O. The molecule has 0 aliphatic rings. The molecule has 19 heavy (non-hydrogen) atoms. The van der Waals surface area contributed by atoms with Gasteiger partial charge < -0.3 is 11.1 Å². The number of anilines is 1. The fraction of sp³-hybridized carbons (Fsp3) is 0.692. The molecule has 1 rings (SSSR count). The van der Waals surface area contributed by atoms with E-state index in [1.165, 1.54) is 4.68 Å². The molecular formula is C13H23BrN4O. The Morgan fingerprint density at radius 1 is 1.42 bits per heavy atom. The number of rotatable bonds is 6. The van der Waals surface area contributed by atoms with Crippen LogP contribution in [0.3, 0.4) is 0 Å². The molecule has 0 saturated heterocycles. The van der Waals surface area contributed by atoms with E-state index >= 15 is 0 Å². The van der Waals surface area contributed by atoms with Crippen molar-refractivity contribution in [2.75, 3.05) is 11.9 Å². The molecule has 1 heterocycles. The third kappa shape index (κ3) is 4.31. The maximum Gasteiger partial charge on any atom is 0.283 e. The van der Waals surface area contributed by atoms with Crippen LogP contribution in [0.5, 0.6) is 0 Å². The largest absolute Gasteiger partial charge is 0.378 e. The van der Waals surface area contributed by atoms with Gasteiger partial charge in [-0.2, -0.15) is 5.10 Å². The van der Waals surface area contributed by atoms with Crippen molar-refractivity contribution in [2.45, 2.75) is 40.3 Å². The smallest absolute Gasteiger partial charge is 0.283 e. The maximum absolute atomic E-state index is 12.1. The molecule has 0 amide bonds. The average molecular weight is 331 g/mol. The zero-order valence-electron chi connectivity index (χ0n) is 12.0. The van der Waals surface area contributed by atoms with E-state index in [1.54, 1.807) is 6.20 Å². The van der Waals surface area contributed by atoms with Gasteiger partial charge in [-0.15, -0.1) is 0 Å². The molecule has 0 bridgehead atoms. The van der Waals surface area contributed by atoms with E-state index in [4.69, 9.17) is 5.73 Å². The molecule has 6 heteroatoms. The van der Waals surface area contributed by atoms with Gasteiger partial charge >= 0.3 is 0 Å². The van der Waals surface area contributed by atoms with E-state index in [1.807, 2.05) is 0 Å². The fourth-order valence-corrected chi connectivity index (χ4v) is 2.16. The molecule has 5 nitrogen and oxygen atoms in total. The summed E-state index contributed by atoms with van der Waals surface area (Å²) in [6.07, 6.45) is 1.68. The summed E-state index contributed by atoms with van der Waals surface area (Å²) >= 11 is 3.35. The van der Waals surface area contributed by atoms with Crippen molar-refractivity contribution in [3.63, 3.8) is 0 Å². The van der Waals surface area contributed by atoms with Gasteiger partial charge in [-0.3, -0.25) is 4.79 Å². The van der Waals surface area contributed by atoms with Gasteiger partial charge in [-0.1, -0.05) is 27.7 Å². The van der Waals surface area contributed by atoms with Crippen molar-refractivity contribution in [1.82, 2.24) is 9.78 Å². The molecule has 1 unspecified atom stereocenters. The van der Waals surface area contributed by atoms with Crippen LogP contribution in [0.1, 0.15) is 27.7 Å². The predicted molar refractivity (Wildman–Crippen MR) is 82.3 cm³/mol. The number of hydrogen-bond acceptors (Lipinski definition) is 4. The first-order chi connectivity index (χ1) is 8.86. The van der Waals surface area contributed by atoms with Crippen LogP contribution in [0.4, 0.5) is 5.69 Å². The Labute approximate surface area is 122 Å². The Bertz CT molecular complexity index is 470. The zero-order valence-corrected chi connectivity index (χ0v) is 13.6. The highest BCUT2D eigenvalue weighted by atomic mass is 79.9. The van der Waals surface area contributed by atoms with Crippen LogP contribution < -0.4 is 16.6 Å². The van der Waals surface area contributed by atoms with Gasteiger partial charge in [0.1, 0.15) is 4.47 Å². The van der Waals surface area contributed by atoms with Gasteiger partial charge in [0.25, 0.3) is 5.56 Å². The molecule has 108 valence electrons. The third-order valence-electron chi connectivity index (χ3n) is 2.92. The summed E-state index contributed by atoms with van der Waals surface area (Å²) in [4.78, 5) is 12.1. The fourth-order valence-electron chi connectivity index (χ4n) is 1.74. The van der Waals surface area contributed by atoms with Gasteiger partial charge in [-0.05, 0) is 27.8 Å². The van der Waals surface area contributed by atoms with Crippen molar-refractivity contribution in [3.8, 4) is 0 Å². The van der Waals surface area contributed by atoms with Gasteiger partial charge in [-0.25, -0.2) is 4.68 Å². The third-order valence-corrected chi connectivity index (χ3v) is 3.69. The Morgan fingerprint density at radius 3 is 2.53 bits per heavy atom. The quantitative estimate of drug-likeness (QED) is 0.837. The number of nitrogens with one attached hydrogen (secondary N) is 1. The van der Waals surface area contributed by atoms with E-state index in [2.05, 4.69) is 54.0 Å². The zero-order chi connectivity index (χ0) is 14.6. The summed E-state index contributed by atoms with van der Waals surface area (Å²) in [6, 6.07) is 0.124. The van der Waals surface area contributed by atoms with E-state index in [0.29, 0.717) is 35.1 Å². The topological polar surface area (TPSA) is 72.9 Å². The lowest BCUT2D eigenvalue weighted by Crippen LogP contribution is -2.35. The molecule has 0 aliphatic carbocycles. The molecule has 0 radical (unpaired) electrons. The molecule has 0 aromatic carbocycles. The number of nitrogens with zero attached hydrogens (tertiary/aromatic N) is 2. The van der Waals surface area contributed by atoms with E-state index < -0.39 is 0 Å². The second kappa shape index (κ2) is 7.05. The van der Waals surface area contributed by atoms with Crippen LogP contribution in [0, 0.1) is 11.8 Å². The standard InChI is InChI=1S/C13H23BrN4O/c1-8(2)7-18-13(19)12(14)11(6-16-18)17-10(5-15)9(3)4/h6,8-10,17H,5,7,15H2,1-4H3. The van der Waals surface area contributed by atoms with Crippen LogP contribution in [0.2, 0.25) is 0 Å². The summed E-state index contributed by atoms with van der Waals surface area (Å²) in [5.74, 6) is 0.762. The molecular weight excluding hydrogens is 308 g/mol. The van der Waals surface area contributed by atoms with Crippen LogP contribution in [0.25, 0.3) is 0 Å². The first-order valence-corrected chi connectivity index (χ1v) is 7.38. The van der Waals surface area contributed by atoms with Crippen molar-refractivity contribution in [3.05, 3.63) is 21.0 Å². The summed E-state index contributed by atoms with van der Waals surface area (Å²) < 4.78 is 1.99. The van der Waals surface area contributed by atoms with Gasteiger partial charge in [0.15, 0.2) is 0 Å². The molecule has 0 saturated carbocycles. The monoisotopic (exact) mass is 330 g/mol. The second-order valence-corrected chi connectivity index (χ2v) is 6.28. The minimum absolute atomic E-state index is 0.113. The summed E-state index contributed by atoms with van der Waals surface area (Å²) in [6.45, 7) is 9.41. The van der Waals surface area contributed by atoms with Crippen molar-refractivity contribution >= 4 is 21.6 Å². The molecule has 1 aromatic rings. The summed E-state index contributed by atoms with van der Waals surface area (Å²) in [5.41, 5.74) is 6.31. The number of hydrogen-bond donors (Lipinski definition) is 2. The Hall–Kier alpha value is -0.880. The van der Waals surface area contributed by atoms with Crippen molar-refractivity contribution < 1.29 is 0 Å². The minimum atomic E-state index is -0.113. The van der Waals surface area contributed by atoms with Crippen LogP contribution >= 0.6 is 15.9 Å². The van der Waals surface area contributed by atoms with Crippen molar-refractivity contribution in [2.24, 2.45) is 17.6 Å². The van der Waals surface area contributed by atoms with Gasteiger partial charge in [0.05, 0.1) is 11.9 Å². The number of nitrogens with two attached hydrogens (primary N) is 1. The van der Waals surface area contributed by atoms with E-state index in [-0.39, 0.29) is 11.6 Å². The summed E-state index contributed by atoms with van der Waals surface area (Å²) in [5, 5.41) is 7.47. The lowest BCUT2D eigenvalue weighted by atomic mass is 10.0. The highest BCUT2D eigenvalue weighted by Gasteiger charge is 2.15. The molecule has 0 spiro atoms. The predicted octanol–water partition coefficient (Wildman–Crippen LogP) is 2.06.